The quantitative estimate of drug-likeness (QED) is 0.717. The van der Waals surface area contributed by atoms with Crippen LogP contribution in [0.25, 0.3) is 0 Å². The van der Waals surface area contributed by atoms with E-state index in [1.807, 2.05) is 0 Å². The Balaban J connectivity index is 2.24. The largest absolute Gasteiger partial charge is 0.356 e. The second kappa shape index (κ2) is 9.57. The first kappa shape index (κ1) is 16.7. The summed E-state index contributed by atoms with van der Waals surface area (Å²) in [6.07, 6.45) is 6.30. The summed E-state index contributed by atoms with van der Waals surface area (Å²) in [5.74, 6) is 0.818. The van der Waals surface area contributed by atoms with Gasteiger partial charge in [0.1, 0.15) is 0 Å². The number of rotatable bonds is 9. The minimum Gasteiger partial charge on any atom is -0.356 e. The van der Waals surface area contributed by atoms with Crippen molar-refractivity contribution in [2.75, 3.05) is 6.54 Å². The number of aryl methyl sites for hydroxylation is 2. The molecule has 0 saturated heterocycles. The van der Waals surface area contributed by atoms with Gasteiger partial charge in [0, 0.05) is 13.0 Å². The molecule has 1 aromatic rings. The molecule has 0 radical (unpaired) electrons. The Morgan fingerprint density at radius 3 is 2.50 bits per heavy atom. The van der Waals surface area contributed by atoms with Crippen molar-refractivity contribution in [3.63, 3.8) is 0 Å². The van der Waals surface area contributed by atoms with E-state index in [4.69, 9.17) is 0 Å². The Hall–Kier alpha value is -1.31. The van der Waals surface area contributed by atoms with Gasteiger partial charge in [0.15, 0.2) is 0 Å². The molecule has 2 nitrogen and oxygen atoms in total. The Bertz CT molecular complexity index is 383. The summed E-state index contributed by atoms with van der Waals surface area (Å²) in [6, 6.07) is 8.42. The van der Waals surface area contributed by atoms with E-state index in [-0.39, 0.29) is 5.91 Å². The monoisotopic (exact) mass is 275 g/mol. The van der Waals surface area contributed by atoms with Crippen molar-refractivity contribution in [2.24, 2.45) is 5.92 Å². The fraction of sp³-hybridized carbons (Fsp3) is 0.611. The zero-order valence-electron chi connectivity index (χ0n) is 13.2. The number of benzene rings is 1. The zero-order valence-corrected chi connectivity index (χ0v) is 13.2. The molecule has 112 valence electrons. The first-order chi connectivity index (χ1) is 9.65. The van der Waals surface area contributed by atoms with Gasteiger partial charge in [-0.25, -0.2) is 0 Å². The normalized spacial score (nSPS) is 12.2. The second-order valence-electron chi connectivity index (χ2n) is 5.71. The summed E-state index contributed by atoms with van der Waals surface area (Å²) in [7, 11) is 0. The fourth-order valence-corrected chi connectivity index (χ4v) is 2.30. The molecule has 0 aromatic heterocycles. The summed E-state index contributed by atoms with van der Waals surface area (Å²) < 4.78 is 0. The van der Waals surface area contributed by atoms with Crippen molar-refractivity contribution in [1.82, 2.24) is 5.32 Å². The molecule has 0 bridgehead atoms. The molecule has 1 aromatic carbocycles. The van der Waals surface area contributed by atoms with Gasteiger partial charge < -0.3 is 5.32 Å². The highest BCUT2D eigenvalue weighted by molar-refractivity contribution is 5.76. The highest BCUT2D eigenvalue weighted by Gasteiger charge is 2.08. The molecule has 0 heterocycles. The Labute approximate surface area is 124 Å². The van der Waals surface area contributed by atoms with Gasteiger partial charge in [0.05, 0.1) is 0 Å². The predicted molar refractivity (Wildman–Crippen MR) is 85.8 cm³/mol. The van der Waals surface area contributed by atoms with Crippen molar-refractivity contribution < 1.29 is 4.79 Å². The number of carbonyl (C=O) groups is 1. The summed E-state index contributed by atoms with van der Waals surface area (Å²) in [5.41, 5.74) is 2.50. The fourth-order valence-electron chi connectivity index (χ4n) is 2.30. The third-order valence-corrected chi connectivity index (χ3v) is 3.89. The van der Waals surface area contributed by atoms with Gasteiger partial charge in [-0.05, 0) is 31.2 Å². The molecule has 0 aliphatic heterocycles. The molecule has 0 spiro atoms. The topological polar surface area (TPSA) is 29.1 Å². The van der Waals surface area contributed by atoms with Crippen molar-refractivity contribution in [2.45, 2.75) is 59.3 Å². The van der Waals surface area contributed by atoms with E-state index in [9.17, 15) is 4.79 Å². The number of amides is 1. The summed E-state index contributed by atoms with van der Waals surface area (Å²) in [6.45, 7) is 7.34. The number of unbranched alkanes of at least 4 members (excludes halogenated alkanes) is 1. The molecule has 1 rings (SSSR count). The molecule has 1 unspecified atom stereocenters. The van der Waals surface area contributed by atoms with E-state index in [0.717, 1.165) is 19.4 Å². The molecular weight excluding hydrogens is 246 g/mol. The van der Waals surface area contributed by atoms with Gasteiger partial charge in [-0.2, -0.15) is 0 Å². The maximum atomic E-state index is 11.9. The first-order valence-corrected chi connectivity index (χ1v) is 7.98. The van der Waals surface area contributed by atoms with Crippen molar-refractivity contribution in [3.05, 3.63) is 35.4 Å². The molecule has 0 fully saturated rings. The molecule has 1 amide bonds. The van der Waals surface area contributed by atoms with Crippen LogP contribution < -0.4 is 5.32 Å². The summed E-state index contributed by atoms with van der Waals surface area (Å²) in [5, 5.41) is 3.09. The van der Waals surface area contributed by atoms with Crippen LogP contribution in [0.3, 0.4) is 0 Å². The van der Waals surface area contributed by atoms with Crippen LogP contribution in [-0.4, -0.2) is 12.5 Å². The molecule has 0 aliphatic rings. The van der Waals surface area contributed by atoms with Crippen LogP contribution in [0.4, 0.5) is 0 Å². The van der Waals surface area contributed by atoms with Gasteiger partial charge >= 0.3 is 0 Å². The van der Waals surface area contributed by atoms with E-state index in [2.05, 4.69) is 50.4 Å². The number of hydrogen-bond acceptors (Lipinski definition) is 1. The van der Waals surface area contributed by atoms with Crippen molar-refractivity contribution in [3.8, 4) is 0 Å². The maximum Gasteiger partial charge on any atom is 0.220 e. The number of carbonyl (C=O) groups excluding carboxylic acids is 1. The molecular formula is C18H29NO. The van der Waals surface area contributed by atoms with Crippen LogP contribution in [-0.2, 0) is 11.2 Å². The van der Waals surface area contributed by atoms with E-state index in [1.54, 1.807) is 0 Å². The predicted octanol–water partition coefficient (Wildman–Crippen LogP) is 4.26. The lowest BCUT2D eigenvalue weighted by Gasteiger charge is -2.15. The standard InChI is InChI=1S/C18H29NO/c1-4-6-7-16(5-2)14-19-18(20)13-12-17-10-8-15(3)9-11-17/h8-11,16H,4-7,12-14H2,1-3H3,(H,19,20). The highest BCUT2D eigenvalue weighted by atomic mass is 16.1. The van der Waals surface area contributed by atoms with Crippen LogP contribution >= 0.6 is 0 Å². The minimum absolute atomic E-state index is 0.181. The van der Waals surface area contributed by atoms with Crippen LogP contribution in [0.15, 0.2) is 24.3 Å². The van der Waals surface area contributed by atoms with Crippen LogP contribution in [0.2, 0.25) is 0 Å². The third-order valence-electron chi connectivity index (χ3n) is 3.89. The van der Waals surface area contributed by atoms with E-state index >= 15 is 0 Å². The number of hydrogen-bond donors (Lipinski definition) is 1. The average molecular weight is 275 g/mol. The van der Waals surface area contributed by atoms with Crippen LogP contribution in [0, 0.1) is 12.8 Å². The third kappa shape index (κ3) is 6.74. The van der Waals surface area contributed by atoms with Gasteiger partial charge in [-0.3, -0.25) is 4.79 Å². The summed E-state index contributed by atoms with van der Waals surface area (Å²) in [4.78, 5) is 11.9. The lowest BCUT2D eigenvalue weighted by atomic mass is 9.99. The van der Waals surface area contributed by atoms with Crippen molar-refractivity contribution in [1.29, 1.82) is 0 Å². The lowest BCUT2D eigenvalue weighted by Crippen LogP contribution is -2.29. The average Bonchev–Trinajstić information content (AvgIpc) is 2.47. The molecule has 2 heteroatoms. The number of nitrogens with one attached hydrogen (secondary N) is 1. The molecule has 1 atom stereocenters. The molecule has 20 heavy (non-hydrogen) atoms. The smallest absolute Gasteiger partial charge is 0.220 e. The van der Waals surface area contributed by atoms with E-state index in [0.29, 0.717) is 12.3 Å². The van der Waals surface area contributed by atoms with Gasteiger partial charge in [-0.15, -0.1) is 0 Å². The molecule has 0 aliphatic carbocycles. The van der Waals surface area contributed by atoms with Crippen LogP contribution in [0.1, 0.15) is 57.1 Å². The molecule has 0 saturated carbocycles. The highest BCUT2D eigenvalue weighted by Crippen LogP contribution is 2.11. The second-order valence-corrected chi connectivity index (χ2v) is 5.71. The van der Waals surface area contributed by atoms with E-state index in [1.165, 1.54) is 30.4 Å². The lowest BCUT2D eigenvalue weighted by molar-refractivity contribution is -0.121. The molecule has 1 N–H and O–H groups in total. The Morgan fingerprint density at radius 2 is 1.90 bits per heavy atom. The summed E-state index contributed by atoms with van der Waals surface area (Å²) >= 11 is 0. The SMILES string of the molecule is CCCCC(CC)CNC(=O)CCc1ccc(C)cc1. The van der Waals surface area contributed by atoms with Gasteiger partial charge in [-0.1, -0.05) is 62.9 Å². The maximum absolute atomic E-state index is 11.9. The minimum atomic E-state index is 0.181. The zero-order chi connectivity index (χ0) is 14.8. The van der Waals surface area contributed by atoms with Gasteiger partial charge in [0.2, 0.25) is 5.91 Å². The van der Waals surface area contributed by atoms with E-state index < -0.39 is 0 Å². The van der Waals surface area contributed by atoms with Gasteiger partial charge in [0.25, 0.3) is 0 Å². The first-order valence-electron chi connectivity index (χ1n) is 7.98. The van der Waals surface area contributed by atoms with Crippen LogP contribution in [0.5, 0.6) is 0 Å². The van der Waals surface area contributed by atoms with Crippen molar-refractivity contribution >= 4 is 5.91 Å². The Morgan fingerprint density at radius 1 is 1.20 bits per heavy atom. The Kier molecular flexibility index (Phi) is 8.01.